The Kier molecular flexibility index (Phi) is 5.46. The number of rotatable bonds is 4. The van der Waals surface area contributed by atoms with Crippen LogP contribution in [0.2, 0.25) is 0 Å². The maximum Gasteiger partial charge on any atom is 0.257 e. The summed E-state index contributed by atoms with van der Waals surface area (Å²) in [5.74, 6) is 0.371. The molecular formula is C23H27N7O2. The number of carbonyl (C=O) groups is 2. The number of fused-ring (bicyclic) bond motifs is 1. The van der Waals surface area contributed by atoms with E-state index in [0.717, 1.165) is 36.2 Å². The number of likely N-dealkylation sites (tertiary alicyclic amines) is 1. The maximum atomic E-state index is 13.3. The highest BCUT2D eigenvalue weighted by atomic mass is 16.2. The Morgan fingerprint density at radius 1 is 1.19 bits per heavy atom. The number of piperidine rings is 1. The molecule has 2 aliphatic heterocycles. The second-order valence-electron chi connectivity index (χ2n) is 8.62. The molecule has 2 aliphatic rings. The number of hydrogen-bond donors (Lipinski definition) is 1. The normalized spacial score (nSPS) is 19.1. The van der Waals surface area contributed by atoms with E-state index in [9.17, 15) is 9.59 Å². The largest absolute Gasteiger partial charge is 0.348 e. The fourth-order valence-electron chi connectivity index (χ4n) is 4.96. The molecule has 5 rings (SSSR count). The van der Waals surface area contributed by atoms with Crippen LogP contribution >= 0.6 is 0 Å². The van der Waals surface area contributed by atoms with Gasteiger partial charge in [0, 0.05) is 57.4 Å². The molecule has 1 N–H and O–H groups in total. The first-order valence-corrected chi connectivity index (χ1v) is 11.1. The molecule has 2 amide bonds. The maximum absolute atomic E-state index is 13.3. The van der Waals surface area contributed by atoms with Crippen LogP contribution in [0.3, 0.4) is 0 Å². The summed E-state index contributed by atoms with van der Waals surface area (Å²) in [7, 11) is 1.81. The fourth-order valence-corrected chi connectivity index (χ4v) is 4.96. The van der Waals surface area contributed by atoms with Crippen LogP contribution in [0.4, 0.5) is 0 Å². The van der Waals surface area contributed by atoms with Crippen molar-refractivity contribution in [2.24, 2.45) is 13.0 Å². The molecular weight excluding hydrogens is 406 g/mol. The van der Waals surface area contributed by atoms with E-state index in [0.29, 0.717) is 31.6 Å². The highest BCUT2D eigenvalue weighted by Crippen LogP contribution is 2.39. The molecule has 0 spiro atoms. The Bertz CT molecular complexity index is 1100. The van der Waals surface area contributed by atoms with Crippen LogP contribution in [0, 0.1) is 5.92 Å². The number of pyridine rings is 1. The monoisotopic (exact) mass is 433 g/mol. The summed E-state index contributed by atoms with van der Waals surface area (Å²) in [6.07, 6.45) is 11.4. The van der Waals surface area contributed by atoms with Crippen LogP contribution in [-0.2, 0) is 24.7 Å². The topological polar surface area (TPSA) is 100 Å². The van der Waals surface area contributed by atoms with E-state index in [2.05, 4.69) is 20.1 Å². The van der Waals surface area contributed by atoms with Crippen molar-refractivity contribution in [3.8, 4) is 0 Å². The standard InChI is InChI=1S/C23H27N7O2/c1-28-14-18(13-27-28)23(32)30-10-6-19-21(26-15-25-19)22(30)17-4-8-29(9-5-17)20(31)11-16-3-2-7-24-12-16/h2-3,7,12-15,17,22H,4-6,8-11H2,1H3,(H,25,26). The molecule has 5 heterocycles. The van der Waals surface area contributed by atoms with E-state index in [1.54, 1.807) is 35.8 Å². The van der Waals surface area contributed by atoms with Gasteiger partial charge in [-0.2, -0.15) is 5.10 Å². The van der Waals surface area contributed by atoms with Crippen molar-refractivity contribution < 1.29 is 9.59 Å². The van der Waals surface area contributed by atoms with Gasteiger partial charge in [-0.1, -0.05) is 6.07 Å². The Morgan fingerprint density at radius 3 is 2.75 bits per heavy atom. The number of nitrogens with zero attached hydrogens (tertiary/aromatic N) is 6. The number of nitrogens with one attached hydrogen (secondary N) is 1. The third-order valence-corrected chi connectivity index (χ3v) is 6.60. The number of carbonyl (C=O) groups excluding carboxylic acids is 2. The molecule has 166 valence electrons. The van der Waals surface area contributed by atoms with Gasteiger partial charge < -0.3 is 14.8 Å². The molecule has 32 heavy (non-hydrogen) atoms. The highest BCUT2D eigenvalue weighted by molar-refractivity contribution is 5.94. The Labute approximate surface area is 186 Å². The second-order valence-corrected chi connectivity index (χ2v) is 8.62. The van der Waals surface area contributed by atoms with E-state index in [-0.39, 0.29) is 23.8 Å². The Hall–Kier alpha value is -3.49. The van der Waals surface area contributed by atoms with Gasteiger partial charge in [0.25, 0.3) is 5.91 Å². The highest BCUT2D eigenvalue weighted by Gasteiger charge is 2.40. The van der Waals surface area contributed by atoms with E-state index >= 15 is 0 Å². The van der Waals surface area contributed by atoms with Gasteiger partial charge in [0.15, 0.2) is 0 Å². The summed E-state index contributed by atoms with van der Waals surface area (Å²) in [6, 6.07) is 3.70. The van der Waals surface area contributed by atoms with Gasteiger partial charge in [-0.15, -0.1) is 0 Å². The fraction of sp³-hybridized carbons (Fsp3) is 0.435. The van der Waals surface area contributed by atoms with Crippen LogP contribution in [-0.4, -0.2) is 66.0 Å². The molecule has 1 saturated heterocycles. The minimum Gasteiger partial charge on any atom is -0.348 e. The summed E-state index contributed by atoms with van der Waals surface area (Å²) in [6.45, 7) is 2.03. The summed E-state index contributed by atoms with van der Waals surface area (Å²) in [5, 5.41) is 4.17. The predicted molar refractivity (Wildman–Crippen MR) is 117 cm³/mol. The molecule has 9 heteroatoms. The summed E-state index contributed by atoms with van der Waals surface area (Å²) in [4.78, 5) is 41.9. The van der Waals surface area contributed by atoms with Crippen molar-refractivity contribution >= 4 is 11.8 Å². The van der Waals surface area contributed by atoms with Crippen LogP contribution in [0.25, 0.3) is 0 Å². The summed E-state index contributed by atoms with van der Waals surface area (Å²) >= 11 is 0. The summed E-state index contributed by atoms with van der Waals surface area (Å²) < 4.78 is 1.65. The van der Waals surface area contributed by atoms with E-state index < -0.39 is 0 Å². The van der Waals surface area contributed by atoms with Gasteiger partial charge in [0.2, 0.25) is 5.91 Å². The smallest absolute Gasteiger partial charge is 0.257 e. The van der Waals surface area contributed by atoms with Crippen molar-refractivity contribution in [3.05, 3.63) is 65.8 Å². The molecule has 3 aromatic heterocycles. The third-order valence-electron chi connectivity index (χ3n) is 6.60. The van der Waals surface area contributed by atoms with Gasteiger partial charge in [-0.25, -0.2) is 4.98 Å². The lowest BCUT2D eigenvalue weighted by molar-refractivity contribution is -0.132. The first-order chi connectivity index (χ1) is 15.6. The van der Waals surface area contributed by atoms with Crippen LogP contribution in [0.1, 0.15) is 46.2 Å². The quantitative estimate of drug-likeness (QED) is 0.676. The zero-order valence-corrected chi connectivity index (χ0v) is 18.1. The zero-order chi connectivity index (χ0) is 22.1. The average Bonchev–Trinajstić information content (AvgIpc) is 3.47. The van der Waals surface area contributed by atoms with Gasteiger partial charge in [0.05, 0.1) is 36.2 Å². The number of imidazole rings is 1. The molecule has 0 aromatic carbocycles. The first kappa shape index (κ1) is 20.4. The van der Waals surface area contributed by atoms with Gasteiger partial charge >= 0.3 is 0 Å². The van der Waals surface area contributed by atoms with Crippen molar-refractivity contribution in [2.45, 2.75) is 31.7 Å². The molecule has 1 atom stereocenters. The Balaban J connectivity index is 1.31. The van der Waals surface area contributed by atoms with Gasteiger partial charge in [-0.05, 0) is 30.4 Å². The molecule has 1 unspecified atom stereocenters. The number of hydrogen-bond acceptors (Lipinski definition) is 5. The predicted octanol–water partition coefficient (Wildman–Crippen LogP) is 1.76. The van der Waals surface area contributed by atoms with Crippen molar-refractivity contribution in [1.29, 1.82) is 0 Å². The Morgan fingerprint density at radius 2 is 2.03 bits per heavy atom. The molecule has 9 nitrogen and oxygen atoms in total. The minimum absolute atomic E-state index is 0.00756. The third kappa shape index (κ3) is 3.90. The van der Waals surface area contributed by atoms with Crippen molar-refractivity contribution in [2.75, 3.05) is 19.6 Å². The van der Waals surface area contributed by atoms with Crippen LogP contribution < -0.4 is 0 Å². The van der Waals surface area contributed by atoms with Gasteiger partial charge in [-0.3, -0.25) is 19.3 Å². The molecule has 0 bridgehead atoms. The molecule has 3 aromatic rings. The number of H-pyrrole nitrogens is 1. The van der Waals surface area contributed by atoms with Crippen LogP contribution in [0.15, 0.2) is 43.2 Å². The first-order valence-electron chi connectivity index (χ1n) is 11.1. The van der Waals surface area contributed by atoms with E-state index in [4.69, 9.17) is 0 Å². The molecule has 0 saturated carbocycles. The molecule has 0 radical (unpaired) electrons. The lowest BCUT2D eigenvalue weighted by atomic mass is 9.83. The average molecular weight is 434 g/mol. The number of aromatic amines is 1. The second kappa shape index (κ2) is 8.57. The molecule has 1 fully saturated rings. The zero-order valence-electron chi connectivity index (χ0n) is 18.1. The number of aromatic nitrogens is 5. The lowest BCUT2D eigenvalue weighted by Gasteiger charge is -2.43. The van der Waals surface area contributed by atoms with Crippen molar-refractivity contribution in [1.82, 2.24) is 34.5 Å². The number of amides is 2. The minimum atomic E-state index is -0.0896. The summed E-state index contributed by atoms with van der Waals surface area (Å²) in [5.41, 5.74) is 3.61. The van der Waals surface area contributed by atoms with E-state index in [1.807, 2.05) is 29.0 Å². The molecule has 0 aliphatic carbocycles. The van der Waals surface area contributed by atoms with Crippen LogP contribution in [0.5, 0.6) is 0 Å². The number of aryl methyl sites for hydroxylation is 1. The SMILES string of the molecule is Cn1cc(C(=O)N2CCc3[nH]cnc3C2C2CCN(C(=O)Cc3cccnc3)CC2)cn1. The lowest BCUT2D eigenvalue weighted by Crippen LogP contribution is -2.47. The van der Waals surface area contributed by atoms with Crippen molar-refractivity contribution in [3.63, 3.8) is 0 Å². The van der Waals surface area contributed by atoms with Gasteiger partial charge in [0.1, 0.15) is 0 Å². The van der Waals surface area contributed by atoms with E-state index in [1.165, 1.54) is 0 Å².